The van der Waals surface area contributed by atoms with Crippen LogP contribution >= 0.6 is 0 Å². The maximum atomic E-state index is 7.94. The van der Waals surface area contributed by atoms with Gasteiger partial charge >= 0.3 is 67.0 Å². The van der Waals surface area contributed by atoms with Gasteiger partial charge in [0.2, 0.25) is 0 Å². The van der Waals surface area contributed by atoms with Crippen LogP contribution in [0.25, 0.3) is 0 Å². The summed E-state index contributed by atoms with van der Waals surface area (Å²) in [6, 6.07) is 0. The van der Waals surface area contributed by atoms with Crippen molar-refractivity contribution in [2.75, 3.05) is 0 Å². The third kappa shape index (κ3) is 22.8. The Labute approximate surface area is 127 Å². The van der Waals surface area contributed by atoms with Crippen LogP contribution in [0, 0.1) is 0 Å². The van der Waals surface area contributed by atoms with Gasteiger partial charge in [-0.05, 0) is 0 Å². The summed E-state index contributed by atoms with van der Waals surface area (Å²) < 4.78 is 3.24. The molecule has 0 aliphatic heterocycles. The van der Waals surface area contributed by atoms with E-state index in [0.29, 0.717) is 0 Å². The molecule has 0 heterocycles. The van der Waals surface area contributed by atoms with Gasteiger partial charge in [0.15, 0.2) is 17.4 Å². The van der Waals surface area contributed by atoms with Gasteiger partial charge in [0.05, 0.1) is 0 Å². The van der Waals surface area contributed by atoms with E-state index in [1.54, 1.807) is 0 Å². The number of rotatable bonds is 2. The molecule has 0 fully saturated rings. The molecule has 0 amide bonds. The van der Waals surface area contributed by atoms with Crippen LogP contribution in [0.2, 0.25) is 0 Å². The SMILES string of the molecule is O[Si](O)(O)O[Si](O)(O)O.[AlH3].[B].[Ba+2].[H-].[H-]. The van der Waals surface area contributed by atoms with E-state index in [1.165, 1.54) is 0 Å². The molecular weight excluding hydrogens is 343 g/mol. The molecule has 0 aromatic carbocycles. The average Bonchev–Trinajstić information content (AvgIpc) is 1.14. The molecule has 3 radical (unpaired) electrons. The van der Waals surface area contributed by atoms with Crippen molar-refractivity contribution in [2.45, 2.75) is 0 Å². The molecule has 0 aliphatic carbocycles. The smallest absolute Gasteiger partial charge is 1.00 e. The van der Waals surface area contributed by atoms with Crippen LogP contribution < -0.4 is 0 Å². The summed E-state index contributed by atoms with van der Waals surface area (Å²) in [6.45, 7) is 0. The molecule has 0 saturated carbocycles. The molecule has 69 valence electrons. The first-order valence-corrected chi connectivity index (χ1v) is 5.25. The van der Waals surface area contributed by atoms with Crippen molar-refractivity contribution in [3.05, 3.63) is 0 Å². The Bertz CT molecular complexity index is 94.8. The Morgan fingerprint density at radius 3 is 1.00 bits per heavy atom. The quantitative estimate of drug-likeness (QED) is 0.272. The van der Waals surface area contributed by atoms with E-state index in [4.69, 9.17) is 28.8 Å². The van der Waals surface area contributed by atoms with Gasteiger partial charge in [-0.25, -0.2) is 0 Å². The normalized spacial score (nSPS) is 10.5. The van der Waals surface area contributed by atoms with Crippen molar-refractivity contribution < 1.29 is 35.7 Å². The van der Waals surface area contributed by atoms with Crippen LogP contribution in [0.1, 0.15) is 2.85 Å². The van der Waals surface area contributed by atoms with Crippen molar-refractivity contribution in [1.29, 1.82) is 0 Å². The molecule has 0 bridgehead atoms. The van der Waals surface area contributed by atoms with Crippen molar-refractivity contribution in [2.24, 2.45) is 0 Å². The summed E-state index contributed by atoms with van der Waals surface area (Å²) in [5, 5.41) is 0. The monoisotopic (exact) mass is 355 g/mol. The zero-order valence-corrected chi connectivity index (χ0v) is 11.8. The Balaban J connectivity index is -0.0000000320. The Morgan fingerprint density at radius 1 is 0.833 bits per heavy atom. The van der Waals surface area contributed by atoms with Crippen molar-refractivity contribution in [1.82, 2.24) is 0 Å². The predicted molar refractivity (Wildman–Crippen MR) is 49.6 cm³/mol. The van der Waals surface area contributed by atoms with Crippen LogP contribution in [-0.2, 0) is 4.12 Å². The molecule has 0 aromatic rings. The molecular formula is H11AlBBaO7Si2. The first kappa shape index (κ1) is 23.9. The van der Waals surface area contributed by atoms with E-state index in [9.17, 15) is 0 Å². The second kappa shape index (κ2) is 8.62. The van der Waals surface area contributed by atoms with E-state index < -0.39 is 18.1 Å². The summed E-state index contributed by atoms with van der Waals surface area (Å²) in [5.41, 5.74) is 0. The summed E-state index contributed by atoms with van der Waals surface area (Å²) in [4.78, 5) is 47.6. The fourth-order valence-corrected chi connectivity index (χ4v) is 1.65. The predicted octanol–water partition coefficient (Wildman–Crippen LogP) is -5.89. The zero-order valence-electron chi connectivity index (χ0n) is 7.38. The summed E-state index contributed by atoms with van der Waals surface area (Å²) in [6.07, 6.45) is 0. The summed E-state index contributed by atoms with van der Waals surface area (Å²) >= 11 is 0. The second-order valence-electron chi connectivity index (χ2n) is 1.25. The zero-order chi connectivity index (χ0) is 7.71. The van der Waals surface area contributed by atoms with Crippen molar-refractivity contribution in [3.8, 4) is 0 Å². The standard InChI is InChI=1S/Al.B.Ba.H6O7Si2.5H/c;;;1-8(2,3)7-9(4,5)6;;;;;/h;;;1-6H;;;;;/q;;+2;;;;;2*-1. The second-order valence-corrected chi connectivity index (χ2v) is 4.36. The average molecular weight is 354 g/mol. The molecule has 0 spiro atoms. The Kier molecular flexibility index (Phi) is 17.1. The maximum Gasteiger partial charge on any atom is 2.00 e. The molecule has 0 saturated heterocycles. The van der Waals surface area contributed by atoms with Gasteiger partial charge in [0.25, 0.3) is 0 Å². The van der Waals surface area contributed by atoms with Gasteiger partial charge in [0.1, 0.15) is 0 Å². The van der Waals surface area contributed by atoms with Crippen LogP contribution in [0.3, 0.4) is 0 Å². The van der Waals surface area contributed by atoms with E-state index in [0.717, 1.165) is 0 Å². The third-order valence-electron chi connectivity index (χ3n) is 0.274. The summed E-state index contributed by atoms with van der Waals surface area (Å²) in [5.74, 6) is 0. The van der Waals surface area contributed by atoms with Gasteiger partial charge in [-0.1, -0.05) is 0 Å². The first-order valence-electron chi connectivity index (χ1n) is 1.75. The van der Waals surface area contributed by atoms with Gasteiger partial charge in [-0.2, -0.15) is 0 Å². The van der Waals surface area contributed by atoms with Crippen LogP contribution in [-0.4, -0.2) is 122 Å². The van der Waals surface area contributed by atoms with E-state index >= 15 is 0 Å². The number of hydrogen-bond acceptors (Lipinski definition) is 7. The fourth-order valence-electron chi connectivity index (χ4n) is 0.184. The van der Waals surface area contributed by atoms with Gasteiger partial charge in [-0.3, -0.25) is 0 Å². The molecule has 7 nitrogen and oxygen atoms in total. The first-order chi connectivity index (χ1) is 3.71. The molecule has 12 heteroatoms. The van der Waals surface area contributed by atoms with E-state index in [1.807, 2.05) is 0 Å². The van der Waals surface area contributed by atoms with E-state index in [2.05, 4.69) is 4.12 Å². The number of hydrogen-bond donors (Lipinski definition) is 6. The topological polar surface area (TPSA) is 131 Å². The minimum Gasteiger partial charge on any atom is -1.00 e. The Morgan fingerprint density at radius 2 is 1.00 bits per heavy atom. The van der Waals surface area contributed by atoms with Crippen molar-refractivity contribution >= 4 is 92.8 Å². The molecule has 0 aliphatic rings. The van der Waals surface area contributed by atoms with Gasteiger partial charge in [0, 0.05) is 8.41 Å². The van der Waals surface area contributed by atoms with E-state index in [-0.39, 0.29) is 77.5 Å². The largest absolute Gasteiger partial charge is 2.00 e. The van der Waals surface area contributed by atoms with Gasteiger partial charge in [-0.15, -0.1) is 0 Å². The third-order valence-corrected chi connectivity index (χ3v) is 2.46. The minimum atomic E-state index is -4.98. The maximum absolute atomic E-state index is 7.94. The van der Waals surface area contributed by atoms with Gasteiger partial charge < -0.3 is 35.7 Å². The molecule has 0 aromatic heterocycles. The molecule has 12 heavy (non-hydrogen) atoms. The van der Waals surface area contributed by atoms with Crippen molar-refractivity contribution in [3.63, 3.8) is 0 Å². The van der Waals surface area contributed by atoms with Crippen LogP contribution in [0.15, 0.2) is 0 Å². The molecule has 0 rings (SSSR count). The Hall–Kier alpha value is 2.32. The minimum absolute atomic E-state index is 0. The summed E-state index contributed by atoms with van der Waals surface area (Å²) in [7, 11) is -9.96. The fraction of sp³-hybridized carbons (Fsp3) is 0. The molecule has 0 unspecified atom stereocenters. The molecule has 0 atom stereocenters. The van der Waals surface area contributed by atoms with Crippen LogP contribution in [0.5, 0.6) is 0 Å². The molecule has 6 N–H and O–H groups in total. The van der Waals surface area contributed by atoms with Crippen LogP contribution in [0.4, 0.5) is 0 Å².